The van der Waals surface area contributed by atoms with Crippen molar-refractivity contribution in [1.29, 1.82) is 0 Å². The molecule has 6 heteroatoms. The third kappa shape index (κ3) is 3.48. The quantitative estimate of drug-likeness (QED) is 0.494. The highest BCUT2D eigenvalue weighted by atomic mass is 16.2. The van der Waals surface area contributed by atoms with Gasteiger partial charge in [0.15, 0.2) is 0 Å². The number of terminal acetylenes is 1. The van der Waals surface area contributed by atoms with Crippen LogP contribution in [0, 0.1) is 12.3 Å². The summed E-state index contributed by atoms with van der Waals surface area (Å²) < 4.78 is 0. The maximum Gasteiger partial charge on any atom is 0.312 e. The van der Waals surface area contributed by atoms with E-state index in [4.69, 9.17) is 6.42 Å². The van der Waals surface area contributed by atoms with Gasteiger partial charge in [-0.15, -0.1) is 6.42 Å². The largest absolute Gasteiger partial charge is 0.344 e. The minimum Gasteiger partial charge on any atom is -0.344 e. The molecule has 98 valence electrons. The molecule has 1 aliphatic rings. The van der Waals surface area contributed by atoms with Crippen molar-refractivity contribution in [2.45, 2.75) is 13.3 Å². The summed E-state index contributed by atoms with van der Waals surface area (Å²) in [5.41, 5.74) is 0. The smallest absolute Gasteiger partial charge is 0.312 e. The summed E-state index contributed by atoms with van der Waals surface area (Å²) in [6.07, 6.45) is 5.81. The topological polar surface area (TPSA) is 69.7 Å². The van der Waals surface area contributed by atoms with Crippen molar-refractivity contribution in [2.75, 3.05) is 32.7 Å². The Kier molecular flexibility index (Phi) is 5.18. The van der Waals surface area contributed by atoms with E-state index >= 15 is 0 Å². The third-order valence-corrected chi connectivity index (χ3v) is 2.61. The van der Waals surface area contributed by atoms with E-state index in [2.05, 4.69) is 11.2 Å². The van der Waals surface area contributed by atoms with Crippen molar-refractivity contribution in [3.8, 4) is 12.3 Å². The second kappa shape index (κ2) is 6.64. The third-order valence-electron chi connectivity index (χ3n) is 2.61. The molecule has 0 aromatic carbocycles. The molecular weight excluding hydrogens is 234 g/mol. The molecule has 1 heterocycles. The lowest BCUT2D eigenvalue weighted by atomic mass is 10.2. The fourth-order valence-electron chi connectivity index (χ4n) is 1.73. The predicted molar refractivity (Wildman–Crippen MR) is 65.3 cm³/mol. The molecule has 1 saturated heterocycles. The van der Waals surface area contributed by atoms with E-state index in [0.717, 1.165) is 6.42 Å². The SMILES string of the molecule is C#CCNC(=O)CN1CCN(CCC)C(=O)C1=O. The fraction of sp³-hybridized carbons (Fsp3) is 0.583. The Bertz CT molecular complexity index is 387. The highest BCUT2D eigenvalue weighted by Crippen LogP contribution is 2.05. The van der Waals surface area contributed by atoms with Crippen molar-refractivity contribution in [3.63, 3.8) is 0 Å². The molecule has 0 atom stereocenters. The molecule has 3 amide bonds. The van der Waals surface area contributed by atoms with Gasteiger partial charge < -0.3 is 15.1 Å². The number of amides is 3. The maximum atomic E-state index is 11.7. The standard InChI is InChI=1S/C12H17N3O3/c1-3-5-13-10(16)9-15-8-7-14(6-4-2)11(17)12(15)18/h1H,4-9H2,2H3,(H,13,16). The number of hydrogen-bond acceptors (Lipinski definition) is 3. The molecule has 18 heavy (non-hydrogen) atoms. The van der Waals surface area contributed by atoms with Gasteiger partial charge in [-0.2, -0.15) is 0 Å². The zero-order chi connectivity index (χ0) is 13.5. The lowest BCUT2D eigenvalue weighted by Crippen LogP contribution is -2.56. The summed E-state index contributed by atoms with van der Waals surface area (Å²) >= 11 is 0. The van der Waals surface area contributed by atoms with Crippen LogP contribution in [0.4, 0.5) is 0 Å². The first-order valence-electron chi connectivity index (χ1n) is 5.88. The predicted octanol–water partition coefficient (Wildman–Crippen LogP) is -1.18. The minimum absolute atomic E-state index is 0.119. The van der Waals surface area contributed by atoms with Gasteiger partial charge in [0.25, 0.3) is 0 Å². The molecule has 6 nitrogen and oxygen atoms in total. The normalized spacial score (nSPS) is 15.6. The van der Waals surface area contributed by atoms with Gasteiger partial charge in [0.1, 0.15) is 6.54 Å². The molecule has 1 N–H and O–H groups in total. The van der Waals surface area contributed by atoms with E-state index in [1.807, 2.05) is 6.92 Å². The maximum absolute atomic E-state index is 11.7. The Labute approximate surface area is 106 Å². The molecule has 1 rings (SSSR count). The number of nitrogens with zero attached hydrogens (tertiary/aromatic N) is 2. The van der Waals surface area contributed by atoms with Crippen LogP contribution in [0.1, 0.15) is 13.3 Å². The van der Waals surface area contributed by atoms with Crippen LogP contribution in [-0.4, -0.2) is 60.2 Å². The molecule has 0 radical (unpaired) electrons. The lowest BCUT2D eigenvalue weighted by molar-refractivity contribution is -0.156. The van der Waals surface area contributed by atoms with E-state index in [1.54, 1.807) is 0 Å². The van der Waals surface area contributed by atoms with Gasteiger partial charge in [0.05, 0.1) is 6.54 Å². The zero-order valence-electron chi connectivity index (χ0n) is 10.4. The van der Waals surface area contributed by atoms with Gasteiger partial charge in [-0.1, -0.05) is 12.8 Å². The summed E-state index contributed by atoms with van der Waals surface area (Å²) in [6.45, 7) is 3.37. The highest BCUT2D eigenvalue weighted by Gasteiger charge is 2.32. The molecule has 0 aromatic rings. The summed E-state index contributed by atoms with van der Waals surface area (Å²) in [5, 5.41) is 2.46. The van der Waals surface area contributed by atoms with Gasteiger partial charge >= 0.3 is 11.8 Å². The first-order valence-corrected chi connectivity index (χ1v) is 5.88. The Morgan fingerprint density at radius 2 is 1.94 bits per heavy atom. The molecular formula is C12H17N3O3. The monoisotopic (exact) mass is 251 g/mol. The molecule has 1 fully saturated rings. The Morgan fingerprint density at radius 1 is 1.33 bits per heavy atom. The summed E-state index contributed by atoms with van der Waals surface area (Å²) in [6, 6.07) is 0. The van der Waals surface area contributed by atoms with Crippen LogP contribution in [0.5, 0.6) is 0 Å². The Morgan fingerprint density at radius 3 is 2.56 bits per heavy atom. The molecule has 0 bridgehead atoms. The average molecular weight is 251 g/mol. The highest BCUT2D eigenvalue weighted by molar-refractivity contribution is 6.35. The number of hydrogen-bond donors (Lipinski definition) is 1. The Balaban J connectivity index is 2.51. The van der Waals surface area contributed by atoms with E-state index in [1.165, 1.54) is 9.80 Å². The van der Waals surface area contributed by atoms with E-state index in [0.29, 0.717) is 19.6 Å². The zero-order valence-corrected chi connectivity index (χ0v) is 10.4. The molecule has 0 saturated carbocycles. The lowest BCUT2D eigenvalue weighted by Gasteiger charge is -2.33. The average Bonchev–Trinajstić information content (AvgIpc) is 2.36. The summed E-state index contributed by atoms with van der Waals surface area (Å²) in [7, 11) is 0. The van der Waals surface area contributed by atoms with Crippen LogP contribution in [0.25, 0.3) is 0 Å². The summed E-state index contributed by atoms with van der Waals surface area (Å²) in [4.78, 5) is 37.6. The molecule has 0 aromatic heterocycles. The van der Waals surface area contributed by atoms with Crippen LogP contribution < -0.4 is 5.32 Å². The number of piperazine rings is 1. The van der Waals surface area contributed by atoms with Crippen molar-refractivity contribution >= 4 is 17.7 Å². The Hall–Kier alpha value is -2.03. The first kappa shape index (κ1) is 14.0. The van der Waals surface area contributed by atoms with Crippen molar-refractivity contribution in [3.05, 3.63) is 0 Å². The van der Waals surface area contributed by atoms with Crippen LogP contribution in [0.3, 0.4) is 0 Å². The van der Waals surface area contributed by atoms with Crippen molar-refractivity contribution in [1.82, 2.24) is 15.1 Å². The number of rotatable bonds is 5. The van der Waals surface area contributed by atoms with Crippen LogP contribution in [0.2, 0.25) is 0 Å². The van der Waals surface area contributed by atoms with Gasteiger partial charge in [0, 0.05) is 19.6 Å². The molecule has 1 aliphatic heterocycles. The van der Waals surface area contributed by atoms with Gasteiger partial charge in [-0.25, -0.2) is 0 Å². The molecule has 0 spiro atoms. The minimum atomic E-state index is -0.620. The second-order valence-electron chi connectivity index (χ2n) is 4.00. The number of carbonyl (C=O) groups excluding carboxylic acids is 3. The molecule has 0 aliphatic carbocycles. The van der Waals surface area contributed by atoms with Crippen LogP contribution in [0.15, 0.2) is 0 Å². The van der Waals surface area contributed by atoms with Gasteiger partial charge in [0.2, 0.25) is 5.91 Å². The number of nitrogens with one attached hydrogen (secondary N) is 1. The fourth-order valence-corrected chi connectivity index (χ4v) is 1.73. The van der Waals surface area contributed by atoms with Gasteiger partial charge in [-0.3, -0.25) is 14.4 Å². The van der Waals surface area contributed by atoms with Gasteiger partial charge in [-0.05, 0) is 6.42 Å². The number of carbonyl (C=O) groups is 3. The van der Waals surface area contributed by atoms with E-state index in [9.17, 15) is 14.4 Å². The van der Waals surface area contributed by atoms with Crippen molar-refractivity contribution in [2.24, 2.45) is 0 Å². The summed E-state index contributed by atoms with van der Waals surface area (Å²) in [5.74, 6) is 0.766. The van der Waals surface area contributed by atoms with Crippen LogP contribution in [-0.2, 0) is 14.4 Å². The molecule has 0 unspecified atom stereocenters. The van der Waals surface area contributed by atoms with E-state index in [-0.39, 0.29) is 19.0 Å². The van der Waals surface area contributed by atoms with Crippen LogP contribution >= 0.6 is 0 Å². The second-order valence-corrected chi connectivity index (χ2v) is 4.00. The van der Waals surface area contributed by atoms with Crippen molar-refractivity contribution < 1.29 is 14.4 Å². The van der Waals surface area contributed by atoms with E-state index < -0.39 is 11.8 Å². The first-order chi connectivity index (χ1) is 8.60.